The van der Waals surface area contributed by atoms with Gasteiger partial charge in [0.1, 0.15) is 0 Å². The van der Waals surface area contributed by atoms with Gasteiger partial charge in [-0.3, -0.25) is 4.39 Å². The molecule has 0 bridgehead atoms. The van der Waals surface area contributed by atoms with E-state index < -0.39 is 0 Å². The van der Waals surface area contributed by atoms with E-state index in [0.717, 1.165) is 24.5 Å². The summed E-state index contributed by atoms with van der Waals surface area (Å²) in [6, 6.07) is 7.83. The minimum atomic E-state index is -0.214. The molecule has 0 spiro atoms. The van der Waals surface area contributed by atoms with E-state index in [0.29, 0.717) is 6.42 Å². The van der Waals surface area contributed by atoms with E-state index in [-0.39, 0.29) is 6.67 Å². The fourth-order valence-corrected chi connectivity index (χ4v) is 1.58. The van der Waals surface area contributed by atoms with Crippen LogP contribution in [0.5, 0.6) is 0 Å². The van der Waals surface area contributed by atoms with Crippen molar-refractivity contribution in [2.24, 2.45) is 0 Å². The van der Waals surface area contributed by atoms with E-state index in [9.17, 15) is 4.39 Å². The summed E-state index contributed by atoms with van der Waals surface area (Å²) in [7, 11) is 2.05. The summed E-state index contributed by atoms with van der Waals surface area (Å²) in [6.45, 7) is 1.62. The predicted octanol–water partition coefficient (Wildman–Crippen LogP) is 3.52. The number of benzene rings is 1. The molecule has 0 amide bonds. The monoisotopic (exact) mass is 229 g/mol. The Bertz CT molecular complexity index is 273. The molecular weight excluding hydrogens is 213 g/mol. The molecule has 1 aromatic carbocycles. The fraction of sp³-hybridized carbons (Fsp3) is 0.500. The molecule has 0 aliphatic carbocycles. The van der Waals surface area contributed by atoms with Crippen molar-refractivity contribution >= 4 is 11.6 Å². The Labute approximate surface area is 95.8 Å². The molecule has 15 heavy (non-hydrogen) atoms. The lowest BCUT2D eigenvalue weighted by Gasteiger charge is -2.16. The molecule has 0 aliphatic rings. The molecule has 0 aliphatic heterocycles. The first-order chi connectivity index (χ1) is 7.22. The maximum atomic E-state index is 11.9. The van der Waals surface area contributed by atoms with Gasteiger partial charge in [0, 0.05) is 11.6 Å². The zero-order chi connectivity index (χ0) is 11.1. The van der Waals surface area contributed by atoms with E-state index in [1.54, 1.807) is 0 Å². The van der Waals surface area contributed by atoms with Crippen LogP contribution >= 0.6 is 11.6 Å². The van der Waals surface area contributed by atoms with Crippen LogP contribution in [0.4, 0.5) is 4.39 Å². The highest BCUT2D eigenvalue weighted by molar-refractivity contribution is 6.30. The number of halogens is 2. The highest BCUT2D eigenvalue weighted by Gasteiger charge is 1.99. The van der Waals surface area contributed by atoms with Crippen LogP contribution in [0.2, 0.25) is 5.02 Å². The van der Waals surface area contributed by atoms with Gasteiger partial charge in [-0.05, 0) is 44.1 Å². The summed E-state index contributed by atoms with van der Waals surface area (Å²) < 4.78 is 11.9. The number of hydrogen-bond donors (Lipinski definition) is 0. The highest BCUT2D eigenvalue weighted by Crippen LogP contribution is 2.11. The minimum Gasteiger partial charge on any atom is -0.302 e. The molecule has 0 saturated carbocycles. The van der Waals surface area contributed by atoms with Crippen LogP contribution in [-0.4, -0.2) is 25.2 Å². The second kappa shape index (κ2) is 6.81. The highest BCUT2D eigenvalue weighted by atomic mass is 35.5. The van der Waals surface area contributed by atoms with E-state index in [4.69, 9.17) is 11.6 Å². The van der Waals surface area contributed by atoms with E-state index in [1.807, 2.05) is 31.3 Å². The van der Waals surface area contributed by atoms with E-state index in [2.05, 4.69) is 4.90 Å². The lowest BCUT2D eigenvalue weighted by atomic mass is 10.2. The molecule has 84 valence electrons. The lowest BCUT2D eigenvalue weighted by molar-refractivity contribution is 0.310. The molecule has 3 heteroatoms. The van der Waals surface area contributed by atoms with Gasteiger partial charge in [-0.15, -0.1) is 0 Å². The topological polar surface area (TPSA) is 3.24 Å². The van der Waals surface area contributed by atoms with Gasteiger partial charge in [-0.25, -0.2) is 0 Å². The molecule has 1 aromatic rings. The lowest BCUT2D eigenvalue weighted by Crippen LogP contribution is -2.19. The van der Waals surface area contributed by atoms with E-state index in [1.165, 1.54) is 5.56 Å². The summed E-state index contributed by atoms with van der Waals surface area (Å²) in [5.41, 5.74) is 1.24. The van der Waals surface area contributed by atoms with Gasteiger partial charge in [-0.2, -0.15) is 0 Å². The van der Waals surface area contributed by atoms with Crippen LogP contribution in [0, 0.1) is 0 Å². The Morgan fingerprint density at radius 3 is 2.47 bits per heavy atom. The van der Waals surface area contributed by atoms with Crippen molar-refractivity contribution in [2.75, 3.05) is 20.3 Å². The number of nitrogens with zero attached hydrogens (tertiary/aromatic N) is 1. The summed E-state index contributed by atoms with van der Waals surface area (Å²) in [5.74, 6) is 0. The van der Waals surface area contributed by atoms with Crippen LogP contribution < -0.4 is 0 Å². The quantitative estimate of drug-likeness (QED) is 0.675. The Balaban J connectivity index is 2.31. The Morgan fingerprint density at radius 1 is 1.20 bits per heavy atom. The number of hydrogen-bond acceptors (Lipinski definition) is 1. The van der Waals surface area contributed by atoms with Gasteiger partial charge in [0.05, 0.1) is 6.67 Å². The Hall–Kier alpha value is -0.600. The summed E-state index contributed by atoms with van der Waals surface area (Å²) in [6.07, 6.45) is 1.57. The number of unbranched alkanes of at least 4 members (excludes halogenated alkanes) is 1. The zero-order valence-electron chi connectivity index (χ0n) is 9.05. The molecule has 0 heterocycles. The number of alkyl halides is 1. The van der Waals surface area contributed by atoms with Gasteiger partial charge in [0.25, 0.3) is 0 Å². The Morgan fingerprint density at radius 2 is 1.87 bits per heavy atom. The molecule has 0 fully saturated rings. The third-order valence-corrected chi connectivity index (χ3v) is 2.54. The summed E-state index contributed by atoms with van der Waals surface area (Å²) in [5, 5.41) is 0.763. The third-order valence-electron chi connectivity index (χ3n) is 2.29. The van der Waals surface area contributed by atoms with Crippen molar-refractivity contribution in [2.45, 2.75) is 19.4 Å². The molecule has 0 saturated heterocycles. The van der Waals surface area contributed by atoms with Crippen molar-refractivity contribution < 1.29 is 4.39 Å². The average molecular weight is 230 g/mol. The van der Waals surface area contributed by atoms with E-state index >= 15 is 0 Å². The molecule has 1 nitrogen and oxygen atoms in total. The van der Waals surface area contributed by atoms with Crippen molar-refractivity contribution in [1.82, 2.24) is 4.90 Å². The van der Waals surface area contributed by atoms with Gasteiger partial charge in [0.2, 0.25) is 0 Å². The first-order valence-electron chi connectivity index (χ1n) is 5.21. The Kier molecular flexibility index (Phi) is 5.66. The maximum Gasteiger partial charge on any atom is 0.0894 e. The molecular formula is C12H17ClFN. The summed E-state index contributed by atoms with van der Waals surface area (Å²) >= 11 is 5.80. The number of rotatable bonds is 6. The standard InChI is InChI=1S/C12H17ClFN/c1-15(9-3-2-8-14)10-11-4-6-12(13)7-5-11/h4-7H,2-3,8-10H2,1H3. The van der Waals surface area contributed by atoms with Crippen LogP contribution in [0.15, 0.2) is 24.3 Å². The van der Waals surface area contributed by atoms with Crippen LogP contribution in [0.25, 0.3) is 0 Å². The normalized spacial score (nSPS) is 10.9. The van der Waals surface area contributed by atoms with Crippen molar-refractivity contribution in [3.63, 3.8) is 0 Å². The van der Waals surface area contributed by atoms with Gasteiger partial charge < -0.3 is 4.90 Å². The second-order valence-electron chi connectivity index (χ2n) is 3.76. The zero-order valence-corrected chi connectivity index (χ0v) is 9.80. The molecule has 0 N–H and O–H groups in total. The molecule has 0 aromatic heterocycles. The minimum absolute atomic E-state index is 0.214. The third kappa shape index (κ3) is 5.14. The van der Waals surface area contributed by atoms with Gasteiger partial charge in [0.15, 0.2) is 0 Å². The van der Waals surface area contributed by atoms with Gasteiger partial charge >= 0.3 is 0 Å². The maximum absolute atomic E-state index is 11.9. The molecule has 1 rings (SSSR count). The van der Waals surface area contributed by atoms with Crippen molar-refractivity contribution in [3.05, 3.63) is 34.9 Å². The average Bonchev–Trinajstić information content (AvgIpc) is 2.22. The largest absolute Gasteiger partial charge is 0.302 e. The first kappa shape index (κ1) is 12.5. The smallest absolute Gasteiger partial charge is 0.0894 e. The first-order valence-corrected chi connectivity index (χ1v) is 5.59. The molecule has 0 atom stereocenters. The SMILES string of the molecule is CN(CCCCF)Cc1ccc(Cl)cc1. The summed E-state index contributed by atoms with van der Waals surface area (Å²) in [4.78, 5) is 2.19. The second-order valence-corrected chi connectivity index (χ2v) is 4.20. The van der Waals surface area contributed by atoms with Crippen molar-refractivity contribution in [3.8, 4) is 0 Å². The molecule has 0 unspecified atom stereocenters. The van der Waals surface area contributed by atoms with Crippen LogP contribution in [0.1, 0.15) is 18.4 Å². The van der Waals surface area contributed by atoms with Crippen LogP contribution in [-0.2, 0) is 6.54 Å². The van der Waals surface area contributed by atoms with Crippen LogP contribution in [0.3, 0.4) is 0 Å². The predicted molar refractivity (Wildman–Crippen MR) is 63.0 cm³/mol. The van der Waals surface area contributed by atoms with Gasteiger partial charge in [-0.1, -0.05) is 23.7 Å². The molecule has 0 radical (unpaired) electrons. The fourth-order valence-electron chi connectivity index (χ4n) is 1.46. The van der Waals surface area contributed by atoms with Crippen molar-refractivity contribution in [1.29, 1.82) is 0 Å².